The molecule has 0 saturated carbocycles. The lowest BCUT2D eigenvalue weighted by molar-refractivity contribution is -0.134. The van der Waals surface area contributed by atoms with Gasteiger partial charge in [0.15, 0.2) is 5.76 Å². The summed E-state index contributed by atoms with van der Waals surface area (Å²) in [5.74, 6) is -0.353. The second-order valence-corrected chi connectivity index (χ2v) is 5.40. The van der Waals surface area contributed by atoms with Gasteiger partial charge in [0.05, 0.1) is 11.6 Å². The molecule has 0 spiro atoms. The quantitative estimate of drug-likeness (QED) is 0.668. The van der Waals surface area contributed by atoms with Crippen LogP contribution in [0.3, 0.4) is 0 Å². The fraction of sp³-hybridized carbons (Fsp3) is 0.176. The summed E-state index contributed by atoms with van der Waals surface area (Å²) in [4.78, 5) is 24.4. The third-order valence-corrected chi connectivity index (χ3v) is 3.79. The molecule has 118 valence electrons. The summed E-state index contributed by atoms with van der Waals surface area (Å²) < 4.78 is 16.2. The highest BCUT2D eigenvalue weighted by Gasteiger charge is 2.22. The van der Waals surface area contributed by atoms with Crippen molar-refractivity contribution < 1.29 is 18.4 Å². The van der Waals surface area contributed by atoms with E-state index >= 15 is 0 Å². The zero-order valence-electron chi connectivity index (χ0n) is 12.5. The van der Waals surface area contributed by atoms with Crippen LogP contribution in [0.15, 0.2) is 44.2 Å². The maximum absolute atomic E-state index is 12.7. The molecule has 3 rings (SSSR count). The molecule has 0 aliphatic carbocycles. The lowest BCUT2D eigenvalue weighted by Gasteiger charge is -2.09. The number of hydrogen-bond donors (Lipinski definition) is 0. The molecule has 0 bridgehead atoms. The van der Waals surface area contributed by atoms with E-state index < -0.39 is 11.4 Å². The molecule has 1 aromatic carbocycles. The fourth-order valence-corrected chi connectivity index (χ4v) is 2.31. The Kier molecular flexibility index (Phi) is 3.96. The first-order valence-corrected chi connectivity index (χ1v) is 7.40. The maximum atomic E-state index is 12.7. The third-order valence-electron chi connectivity index (χ3n) is 3.38. The van der Waals surface area contributed by atoms with E-state index in [0.29, 0.717) is 16.4 Å². The molecule has 6 heteroatoms. The molecule has 0 fully saturated rings. The number of furan rings is 1. The Morgan fingerprint density at radius 1 is 1.35 bits per heavy atom. The van der Waals surface area contributed by atoms with Crippen LogP contribution in [-0.4, -0.2) is 5.97 Å². The first kappa shape index (κ1) is 15.4. The minimum absolute atomic E-state index is 0.0797. The summed E-state index contributed by atoms with van der Waals surface area (Å²) in [5, 5.41) is 0.679. The number of hydrogen-bond acceptors (Lipinski definition) is 5. The molecular weight excluding hydrogens is 320 g/mol. The van der Waals surface area contributed by atoms with Crippen molar-refractivity contribution in [2.24, 2.45) is 0 Å². The average molecular weight is 333 g/mol. The largest absolute Gasteiger partial charge is 0.461 e. The normalized spacial score (nSPS) is 10.9. The van der Waals surface area contributed by atoms with Crippen molar-refractivity contribution in [3.05, 3.63) is 51.3 Å². The van der Waals surface area contributed by atoms with Crippen LogP contribution in [-0.2, 0) is 4.79 Å². The highest BCUT2D eigenvalue weighted by atomic mass is 35.5. The van der Waals surface area contributed by atoms with E-state index in [-0.39, 0.29) is 23.3 Å². The molecule has 0 N–H and O–H groups in total. The van der Waals surface area contributed by atoms with Crippen molar-refractivity contribution in [3.8, 4) is 17.3 Å². The predicted molar refractivity (Wildman–Crippen MR) is 85.9 cm³/mol. The zero-order valence-corrected chi connectivity index (χ0v) is 13.3. The lowest BCUT2D eigenvalue weighted by Crippen LogP contribution is -2.15. The Bertz CT molecular complexity index is 938. The lowest BCUT2D eigenvalue weighted by atomic mass is 10.1. The van der Waals surface area contributed by atoms with Crippen molar-refractivity contribution in [2.75, 3.05) is 0 Å². The Labute approximate surface area is 136 Å². The van der Waals surface area contributed by atoms with E-state index in [1.165, 1.54) is 12.3 Å². The van der Waals surface area contributed by atoms with Gasteiger partial charge in [0.25, 0.3) is 0 Å². The van der Waals surface area contributed by atoms with Crippen LogP contribution in [0.2, 0.25) is 5.02 Å². The van der Waals surface area contributed by atoms with Gasteiger partial charge in [-0.05, 0) is 36.8 Å². The minimum Gasteiger partial charge on any atom is -0.461 e. The monoisotopic (exact) mass is 332 g/mol. The van der Waals surface area contributed by atoms with Crippen LogP contribution in [0.1, 0.15) is 18.9 Å². The van der Waals surface area contributed by atoms with Crippen molar-refractivity contribution >= 4 is 28.5 Å². The summed E-state index contributed by atoms with van der Waals surface area (Å²) in [7, 11) is 0. The summed E-state index contributed by atoms with van der Waals surface area (Å²) in [6.45, 7) is 3.44. The summed E-state index contributed by atoms with van der Waals surface area (Å²) in [6.07, 6.45) is 1.57. The van der Waals surface area contributed by atoms with E-state index in [4.69, 9.17) is 25.2 Å². The van der Waals surface area contributed by atoms with Gasteiger partial charge in [-0.2, -0.15) is 0 Å². The molecule has 2 aromatic heterocycles. The van der Waals surface area contributed by atoms with E-state index in [0.717, 1.165) is 5.56 Å². The molecule has 0 radical (unpaired) electrons. The molecule has 0 amide bonds. The fourth-order valence-electron chi connectivity index (χ4n) is 2.15. The number of rotatable bonds is 3. The van der Waals surface area contributed by atoms with E-state index in [2.05, 4.69) is 0 Å². The number of esters is 1. The molecule has 0 unspecified atom stereocenters. The van der Waals surface area contributed by atoms with Crippen molar-refractivity contribution in [1.29, 1.82) is 0 Å². The second-order valence-electron chi connectivity index (χ2n) is 4.99. The van der Waals surface area contributed by atoms with Crippen LogP contribution in [0.4, 0.5) is 0 Å². The van der Waals surface area contributed by atoms with Crippen LogP contribution >= 0.6 is 11.6 Å². The molecule has 3 aromatic rings. The second kappa shape index (κ2) is 5.93. The van der Waals surface area contributed by atoms with Crippen LogP contribution in [0.25, 0.3) is 22.5 Å². The Balaban J connectivity index is 2.34. The maximum Gasteiger partial charge on any atom is 0.311 e. The molecule has 0 aliphatic rings. The standard InChI is InChI=1S/C17H13ClO5/c1-3-14(19)23-17-15(20)10-8-11(18)9(2)7-13(10)22-16(17)12-5-4-6-21-12/h4-8H,3H2,1-2H3. The predicted octanol–water partition coefficient (Wildman–Crippen LogP) is 4.33. The van der Waals surface area contributed by atoms with Crippen LogP contribution < -0.4 is 10.2 Å². The SMILES string of the molecule is CCC(=O)Oc1c(-c2ccco2)oc2cc(C)c(Cl)cc2c1=O. The van der Waals surface area contributed by atoms with Crippen molar-refractivity contribution in [1.82, 2.24) is 0 Å². The Morgan fingerprint density at radius 2 is 2.13 bits per heavy atom. The number of carbonyl (C=O) groups excluding carboxylic acids is 1. The molecule has 0 atom stereocenters. The Morgan fingerprint density at radius 3 is 2.78 bits per heavy atom. The smallest absolute Gasteiger partial charge is 0.311 e. The van der Waals surface area contributed by atoms with Gasteiger partial charge in [0.2, 0.25) is 16.9 Å². The van der Waals surface area contributed by atoms with Gasteiger partial charge in [-0.3, -0.25) is 9.59 Å². The Hall–Kier alpha value is -2.53. The van der Waals surface area contributed by atoms with Gasteiger partial charge in [-0.25, -0.2) is 0 Å². The first-order valence-electron chi connectivity index (χ1n) is 7.02. The summed E-state index contributed by atoms with van der Waals surface area (Å²) in [6, 6.07) is 6.44. The van der Waals surface area contributed by atoms with Crippen molar-refractivity contribution in [2.45, 2.75) is 20.3 Å². The topological polar surface area (TPSA) is 69.7 Å². The summed E-state index contributed by atoms with van der Waals surface area (Å²) in [5.41, 5.74) is 0.645. The number of fused-ring (bicyclic) bond motifs is 1. The van der Waals surface area contributed by atoms with E-state index in [1.54, 1.807) is 32.0 Å². The van der Waals surface area contributed by atoms with Crippen LogP contribution in [0.5, 0.6) is 5.75 Å². The summed E-state index contributed by atoms with van der Waals surface area (Å²) >= 11 is 6.08. The minimum atomic E-state index is -0.539. The van der Waals surface area contributed by atoms with Gasteiger partial charge in [0.1, 0.15) is 5.58 Å². The van der Waals surface area contributed by atoms with Gasteiger partial charge in [-0.1, -0.05) is 18.5 Å². The number of benzene rings is 1. The van der Waals surface area contributed by atoms with Gasteiger partial charge in [0, 0.05) is 11.4 Å². The molecule has 5 nitrogen and oxygen atoms in total. The molecule has 23 heavy (non-hydrogen) atoms. The number of aryl methyl sites for hydroxylation is 1. The molecule has 2 heterocycles. The van der Waals surface area contributed by atoms with Gasteiger partial charge < -0.3 is 13.6 Å². The highest BCUT2D eigenvalue weighted by Crippen LogP contribution is 2.33. The highest BCUT2D eigenvalue weighted by molar-refractivity contribution is 6.32. The van der Waals surface area contributed by atoms with E-state index in [9.17, 15) is 9.59 Å². The first-order chi connectivity index (χ1) is 11.0. The number of ether oxygens (including phenoxy) is 1. The zero-order chi connectivity index (χ0) is 16.6. The van der Waals surface area contributed by atoms with Gasteiger partial charge in [-0.15, -0.1) is 0 Å². The molecular formula is C17H13ClO5. The number of carbonyl (C=O) groups is 1. The van der Waals surface area contributed by atoms with Crippen molar-refractivity contribution in [3.63, 3.8) is 0 Å². The average Bonchev–Trinajstić information content (AvgIpc) is 3.06. The van der Waals surface area contributed by atoms with Crippen LogP contribution in [0, 0.1) is 6.92 Å². The third kappa shape index (κ3) is 2.75. The molecule has 0 aliphatic heterocycles. The number of halogens is 1. The van der Waals surface area contributed by atoms with Gasteiger partial charge >= 0.3 is 5.97 Å². The van der Waals surface area contributed by atoms with E-state index in [1.807, 2.05) is 0 Å². The molecule has 0 saturated heterocycles.